The number of carboxylic acid groups (broad SMARTS) is 1. The molecule has 0 spiro atoms. The summed E-state index contributed by atoms with van der Waals surface area (Å²) in [5.74, 6) is -4.83. The quantitative estimate of drug-likeness (QED) is 0.222. The molecule has 1 aromatic carbocycles. The molecule has 1 aliphatic heterocycles. The fourth-order valence-corrected chi connectivity index (χ4v) is 2.92. The normalized spacial score (nSPS) is 14.9. The molecule has 0 unspecified atom stereocenters. The minimum absolute atomic E-state index is 0.0997. The van der Waals surface area contributed by atoms with Crippen molar-refractivity contribution in [2.75, 3.05) is 19.8 Å². The zero-order valence-electron chi connectivity index (χ0n) is 18.3. The first-order valence-corrected chi connectivity index (χ1v) is 9.70. The number of ether oxygens (including phenoxy) is 1. The SMILES string of the molecule is [2H]N(C(=O)COCCN1C(=O)c2ccccc2C1=O)[C@@H](C)C(=O)N[C@@H](CCC(=O)O)C(N)=O. The molecule has 0 saturated carbocycles. The third-order valence-corrected chi connectivity index (χ3v) is 4.59. The van der Waals surface area contributed by atoms with Gasteiger partial charge in [-0.15, -0.1) is 0 Å². The minimum atomic E-state index is -1.33. The van der Waals surface area contributed by atoms with Crippen LogP contribution in [0.15, 0.2) is 24.3 Å². The molecule has 0 bridgehead atoms. The Labute approximate surface area is 184 Å². The van der Waals surface area contributed by atoms with Crippen molar-refractivity contribution >= 4 is 35.5 Å². The molecule has 0 saturated heterocycles. The Kier molecular flexibility index (Phi) is 7.86. The van der Waals surface area contributed by atoms with Crippen molar-refractivity contribution in [3.8, 4) is 0 Å². The molecule has 12 nitrogen and oxygen atoms in total. The molecule has 32 heavy (non-hydrogen) atoms. The van der Waals surface area contributed by atoms with E-state index in [2.05, 4.69) is 5.32 Å². The molecule has 1 aromatic rings. The molecule has 0 aliphatic carbocycles. The number of fused-ring (bicyclic) bond motifs is 1. The number of carboxylic acids is 1. The fourth-order valence-electron chi connectivity index (χ4n) is 2.92. The number of primary amides is 1. The van der Waals surface area contributed by atoms with E-state index in [1.165, 1.54) is 19.1 Å². The van der Waals surface area contributed by atoms with Gasteiger partial charge in [0.05, 0.1) is 24.3 Å². The predicted molar refractivity (Wildman–Crippen MR) is 108 cm³/mol. The Bertz CT molecular complexity index is 934. The van der Waals surface area contributed by atoms with Crippen molar-refractivity contribution in [3.63, 3.8) is 0 Å². The van der Waals surface area contributed by atoms with Gasteiger partial charge in [-0.1, -0.05) is 12.1 Å². The average molecular weight is 449 g/mol. The smallest absolute Gasteiger partial charge is 0.303 e. The Hall–Kier alpha value is -3.80. The van der Waals surface area contributed by atoms with E-state index in [1.54, 1.807) is 12.1 Å². The maximum atomic E-state index is 12.3. The number of carbonyl (C=O) groups excluding carboxylic acids is 5. The fraction of sp³-hybridized carbons (Fsp3) is 0.400. The summed E-state index contributed by atoms with van der Waals surface area (Å²) in [6.45, 7) is 0.374. The number of hydrogen-bond donors (Lipinski definition) is 4. The van der Waals surface area contributed by atoms with Crippen molar-refractivity contribution in [1.82, 2.24) is 15.5 Å². The molecule has 1 heterocycles. The number of carbonyl (C=O) groups is 6. The summed E-state index contributed by atoms with van der Waals surface area (Å²) in [7, 11) is 0. The minimum Gasteiger partial charge on any atom is -0.481 e. The second kappa shape index (κ2) is 11.0. The highest BCUT2D eigenvalue weighted by Gasteiger charge is 2.34. The van der Waals surface area contributed by atoms with E-state index >= 15 is 0 Å². The summed E-state index contributed by atoms with van der Waals surface area (Å²) in [4.78, 5) is 71.9. The highest BCUT2D eigenvalue weighted by Crippen LogP contribution is 2.21. The van der Waals surface area contributed by atoms with Crippen LogP contribution in [-0.2, 0) is 23.9 Å². The van der Waals surface area contributed by atoms with Crippen LogP contribution in [0.4, 0.5) is 0 Å². The van der Waals surface area contributed by atoms with Crippen LogP contribution >= 0.6 is 0 Å². The molecular formula is C20H24N4O8. The van der Waals surface area contributed by atoms with Gasteiger partial charge in [-0.3, -0.25) is 33.7 Å². The van der Waals surface area contributed by atoms with Crippen molar-refractivity contribution < 1.29 is 40.0 Å². The molecule has 172 valence electrons. The van der Waals surface area contributed by atoms with Crippen LogP contribution in [0.2, 0.25) is 1.41 Å². The molecule has 2 rings (SSSR count). The van der Waals surface area contributed by atoms with E-state index in [9.17, 15) is 28.8 Å². The van der Waals surface area contributed by atoms with Gasteiger partial charge < -0.3 is 26.2 Å². The lowest BCUT2D eigenvalue weighted by molar-refractivity contribution is -0.137. The number of nitrogens with one attached hydrogen (secondary N) is 2. The van der Waals surface area contributed by atoms with Crippen LogP contribution in [0.3, 0.4) is 0 Å². The average Bonchev–Trinajstić information content (AvgIpc) is 3.02. The second-order valence-electron chi connectivity index (χ2n) is 6.95. The van der Waals surface area contributed by atoms with Gasteiger partial charge in [-0.2, -0.15) is 0 Å². The summed E-state index contributed by atoms with van der Waals surface area (Å²) in [6, 6.07) is 3.75. The Balaban J connectivity index is 1.80. The molecule has 0 radical (unpaired) electrons. The van der Waals surface area contributed by atoms with Gasteiger partial charge in [0.1, 0.15) is 18.7 Å². The van der Waals surface area contributed by atoms with Gasteiger partial charge in [-0.05, 0) is 25.5 Å². The van der Waals surface area contributed by atoms with Crippen LogP contribution in [0, 0.1) is 0 Å². The van der Waals surface area contributed by atoms with Crippen LogP contribution in [-0.4, -0.2) is 77.4 Å². The van der Waals surface area contributed by atoms with Gasteiger partial charge in [0, 0.05) is 6.42 Å². The van der Waals surface area contributed by atoms with E-state index in [0.29, 0.717) is 5.31 Å². The van der Waals surface area contributed by atoms with E-state index in [4.69, 9.17) is 17.0 Å². The lowest BCUT2D eigenvalue weighted by atomic mass is 10.1. The summed E-state index contributed by atoms with van der Waals surface area (Å²) >= 11 is 0. The number of amides is 5. The highest BCUT2D eigenvalue weighted by atomic mass is 16.5. The van der Waals surface area contributed by atoms with Crippen molar-refractivity contribution in [1.29, 1.82) is 0 Å². The van der Waals surface area contributed by atoms with Gasteiger partial charge in [0.15, 0.2) is 1.41 Å². The number of hydrogen-bond acceptors (Lipinski definition) is 7. The first-order valence-electron chi connectivity index (χ1n) is 10.1. The Morgan fingerprint density at radius 1 is 1.19 bits per heavy atom. The number of aliphatic carboxylic acids is 1. The van der Waals surface area contributed by atoms with Gasteiger partial charge >= 0.3 is 5.97 Å². The number of imide groups is 1. The number of nitrogens with zero attached hydrogens (tertiary/aromatic N) is 1. The summed E-state index contributed by atoms with van der Waals surface area (Å²) in [5.41, 5.74) is 5.71. The van der Waals surface area contributed by atoms with Gasteiger partial charge in [0.2, 0.25) is 17.7 Å². The second-order valence-corrected chi connectivity index (χ2v) is 6.95. The third-order valence-electron chi connectivity index (χ3n) is 4.59. The topological polar surface area (TPSA) is 185 Å². The highest BCUT2D eigenvalue weighted by molar-refractivity contribution is 6.21. The molecule has 2 atom stereocenters. The molecule has 0 fully saturated rings. The van der Waals surface area contributed by atoms with Gasteiger partial charge in [0.25, 0.3) is 11.8 Å². The third kappa shape index (κ3) is 6.35. The monoisotopic (exact) mass is 449 g/mol. The van der Waals surface area contributed by atoms with E-state index in [1.807, 2.05) is 0 Å². The number of benzene rings is 1. The van der Waals surface area contributed by atoms with Crippen LogP contribution in [0.25, 0.3) is 0 Å². The molecule has 5 N–H and O–H groups in total. The van der Waals surface area contributed by atoms with Crippen molar-refractivity contribution in [3.05, 3.63) is 35.4 Å². The lowest BCUT2D eigenvalue weighted by Crippen LogP contribution is -2.52. The molecule has 1 aliphatic rings. The lowest BCUT2D eigenvalue weighted by Gasteiger charge is -2.19. The summed E-state index contributed by atoms with van der Waals surface area (Å²) in [6.07, 6.45) is -0.650. The van der Waals surface area contributed by atoms with E-state index in [0.717, 1.165) is 4.90 Å². The first-order chi connectivity index (χ1) is 15.5. The summed E-state index contributed by atoms with van der Waals surface area (Å²) < 4.78 is 13.0. The van der Waals surface area contributed by atoms with Gasteiger partial charge in [-0.25, -0.2) is 0 Å². The van der Waals surface area contributed by atoms with Crippen molar-refractivity contribution in [2.24, 2.45) is 5.73 Å². The van der Waals surface area contributed by atoms with Crippen LogP contribution in [0.1, 0.15) is 40.5 Å². The molecule has 12 heteroatoms. The Morgan fingerprint density at radius 2 is 1.78 bits per heavy atom. The predicted octanol–water partition coefficient (Wildman–Crippen LogP) is -1.36. The maximum absolute atomic E-state index is 12.3. The summed E-state index contributed by atoms with van der Waals surface area (Å²) in [5, 5.41) is 11.3. The zero-order valence-corrected chi connectivity index (χ0v) is 17.3. The first kappa shape index (κ1) is 22.9. The van der Waals surface area contributed by atoms with Crippen LogP contribution < -0.4 is 16.4 Å². The number of nitrogens with two attached hydrogens (primary N) is 1. The standard InChI is InChI=1S/C20H24N4O8/c1-11(18(29)23-14(17(21)28)6-7-16(26)27)22-15(25)10-32-9-8-24-19(30)12-4-2-3-5-13(12)20(24)31/h2-5,11,14H,6-10H2,1H3,(H2,21,28)(H,22,25)(H,23,29)(H,26,27)/t11-,14-/m0/s1/i/hD. The zero-order chi connectivity index (χ0) is 24.7. The van der Waals surface area contributed by atoms with Crippen molar-refractivity contribution in [2.45, 2.75) is 31.8 Å². The molecule has 0 aromatic heterocycles. The molecular weight excluding hydrogens is 424 g/mol. The number of rotatable bonds is 12. The molecule has 5 amide bonds. The van der Waals surface area contributed by atoms with Crippen LogP contribution in [0.5, 0.6) is 0 Å². The van der Waals surface area contributed by atoms with E-state index in [-0.39, 0.29) is 30.7 Å². The Morgan fingerprint density at radius 3 is 2.31 bits per heavy atom. The maximum Gasteiger partial charge on any atom is 0.303 e. The van der Waals surface area contributed by atoms with E-state index < -0.39 is 60.6 Å². The largest absolute Gasteiger partial charge is 0.481 e.